The predicted octanol–water partition coefficient (Wildman–Crippen LogP) is 14.7. The molecule has 0 spiro atoms. The van der Waals surface area contributed by atoms with Crippen molar-refractivity contribution in [3.8, 4) is 56.3 Å². The topological polar surface area (TPSA) is 64.1 Å². The number of nitrogens with zero attached hydrogens (tertiary/aromatic N) is 3. The molecule has 0 aliphatic carbocycles. The number of phenolic OH excluding ortho intramolecular Hbond substituents is 1. The molecule has 9 rings (SSSR count). The van der Waals surface area contributed by atoms with E-state index in [2.05, 4.69) is 128 Å². The van der Waals surface area contributed by atoms with E-state index < -0.39 is 6.85 Å². The Morgan fingerprint density at radius 2 is 1.34 bits per heavy atom. The number of aromatic hydroxyl groups is 1. The third kappa shape index (κ3) is 7.63. The molecular weight excluding hydrogens is 930 g/mol. The van der Waals surface area contributed by atoms with Crippen LogP contribution in [0.4, 0.5) is 0 Å². The van der Waals surface area contributed by atoms with Gasteiger partial charge in [-0.3, -0.25) is 9.55 Å². The van der Waals surface area contributed by atoms with Crippen molar-refractivity contribution in [1.82, 2.24) is 14.5 Å². The standard InChI is InChI=1S/C55H52N3O2.Pt/c1-33-21-23-34(24-22-33)35-25-26-56-44(30-35)37-27-36(28-38(29-37)53(2,3)4)40-16-13-18-46-50(40)57-52(42-31-39(54(5,6)7)32-43(51(42)59)55(8,9)10)58(46)45-17-14-20-48-49(45)41-15-11-12-19-47(41)60-48;/h11-26,28-32,59H,1-10H3;/q-1;/i1D3;. The van der Waals surface area contributed by atoms with Crippen LogP contribution in [0.5, 0.6) is 5.75 Å². The molecule has 0 fully saturated rings. The van der Waals surface area contributed by atoms with E-state index in [1.165, 1.54) is 0 Å². The van der Waals surface area contributed by atoms with Gasteiger partial charge >= 0.3 is 0 Å². The first-order valence-corrected chi connectivity index (χ1v) is 20.6. The SMILES string of the molecule is [2H]C([2H])([2H])c1ccc(-c2ccnc(-c3[c-]c(-c4cccc5c4nc(-c4cc(C(C)(C)C)cc(C(C)(C)C)c4O)n5-c4cccc5oc6ccccc6c45)cc(C(C)(C)C)c3)c2)cc1.[Pt]. The molecule has 0 saturated carbocycles. The average molecular weight is 985 g/mol. The molecule has 6 aromatic carbocycles. The summed E-state index contributed by atoms with van der Waals surface area (Å²) in [6.45, 7) is 17.4. The summed E-state index contributed by atoms with van der Waals surface area (Å²) in [7, 11) is 0. The maximum Gasteiger partial charge on any atom is 0.148 e. The molecule has 1 N–H and O–H groups in total. The quantitative estimate of drug-likeness (QED) is 0.175. The first-order chi connectivity index (χ1) is 29.7. The van der Waals surface area contributed by atoms with Gasteiger partial charge in [0.25, 0.3) is 0 Å². The second kappa shape index (κ2) is 15.3. The molecule has 61 heavy (non-hydrogen) atoms. The van der Waals surface area contributed by atoms with Crippen LogP contribution in [0.25, 0.3) is 83.6 Å². The molecule has 0 atom stereocenters. The summed E-state index contributed by atoms with van der Waals surface area (Å²) in [4.78, 5) is 10.4. The number of aromatic nitrogens is 3. The Labute approximate surface area is 378 Å². The van der Waals surface area contributed by atoms with Gasteiger partial charge in [-0.25, -0.2) is 4.98 Å². The Hall–Kier alpha value is -5.77. The number of rotatable bonds is 5. The van der Waals surface area contributed by atoms with E-state index in [4.69, 9.17) is 18.5 Å². The van der Waals surface area contributed by atoms with E-state index >= 15 is 0 Å². The fourth-order valence-electron chi connectivity index (χ4n) is 8.20. The number of para-hydroxylation sites is 2. The number of phenols is 1. The van der Waals surface area contributed by atoms with Crippen LogP contribution in [0.15, 0.2) is 132 Å². The molecule has 3 heterocycles. The van der Waals surface area contributed by atoms with Gasteiger partial charge in [0.2, 0.25) is 0 Å². The second-order valence-corrected chi connectivity index (χ2v) is 19.1. The van der Waals surface area contributed by atoms with Gasteiger partial charge in [0.15, 0.2) is 0 Å². The van der Waals surface area contributed by atoms with Crippen LogP contribution in [-0.4, -0.2) is 19.6 Å². The maximum absolute atomic E-state index is 12.4. The molecule has 0 aliphatic heterocycles. The smallest absolute Gasteiger partial charge is 0.148 e. The predicted molar refractivity (Wildman–Crippen MR) is 249 cm³/mol. The molecule has 0 unspecified atom stereocenters. The Morgan fingerprint density at radius 1 is 0.656 bits per heavy atom. The van der Waals surface area contributed by atoms with Gasteiger partial charge in [-0.2, -0.15) is 0 Å². The molecule has 0 radical (unpaired) electrons. The zero-order valence-corrected chi connectivity index (χ0v) is 38.4. The molecule has 5 nitrogen and oxygen atoms in total. The Balaban J connectivity index is 0.00000560. The van der Waals surface area contributed by atoms with Crippen molar-refractivity contribution in [3.63, 3.8) is 0 Å². The van der Waals surface area contributed by atoms with Crippen molar-refractivity contribution in [2.24, 2.45) is 0 Å². The van der Waals surface area contributed by atoms with Crippen LogP contribution in [0.3, 0.4) is 0 Å². The van der Waals surface area contributed by atoms with Gasteiger partial charge in [0.1, 0.15) is 22.7 Å². The van der Waals surface area contributed by atoms with Crippen molar-refractivity contribution in [1.29, 1.82) is 0 Å². The van der Waals surface area contributed by atoms with E-state index in [-0.39, 0.29) is 43.1 Å². The third-order valence-corrected chi connectivity index (χ3v) is 11.6. The first kappa shape index (κ1) is 38.2. The summed E-state index contributed by atoms with van der Waals surface area (Å²) in [6.07, 6.45) is 1.79. The van der Waals surface area contributed by atoms with Crippen LogP contribution in [-0.2, 0) is 37.3 Å². The van der Waals surface area contributed by atoms with Gasteiger partial charge in [-0.15, -0.1) is 29.3 Å². The Bertz CT molecular complexity index is 3230. The van der Waals surface area contributed by atoms with Crippen LogP contribution in [0, 0.1) is 12.9 Å². The number of pyridine rings is 1. The molecule has 6 heteroatoms. The van der Waals surface area contributed by atoms with Crippen LogP contribution in [0.2, 0.25) is 0 Å². The summed E-state index contributed by atoms with van der Waals surface area (Å²) >= 11 is 0. The second-order valence-electron chi connectivity index (χ2n) is 19.1. The van der Waals surface area contributed by atoms with Gasteiger partial charge in [-0.05, 0) is 76.2 Å². The molecular formula is C55H52N3O2Pt-. The number of benzene rings is 6. The van der Waals surface area contributed by atoms with Crippen molar-refractivity contribution in [2.45, 2.75) is 85.4 Å². The summed E-state index contributed by atoms with van der Waals surface area (Å²) in [5.41, 5.74) is 12.5. The number of imidazole rings is 1. The van der Waals surface area contributed by atoms with E-state index in [1.807, 2.05) is 54.6 Å². The van der Waals surface area contributed by atoms with Crippen molar-refractivity contribution >= 4 is 33.0 Å². The number of fused-ring (bicyclic) bond motifs is 4. The van der Waals surface area contributed by atoms with E-state index in [0.717, 1.165) is 88.9 Å². The number of aryl methyl sites for hydroxylation is 1. The fraction of sp³-hybridized carbons (Fsp3) is 0.236. The van der Waals surface area contributed by atoms with E-state index in [1.54, 1.807) is 18.3 Å². The largest absolute Gasteiger partial charge is 0.507 e. The average Bonchev–Trinajstić information content (AvgIpc) is 3.81. The van der Waals surface area contributed by atoms with Crippen molar-refractivity contribution < 1.29 is 34.7 Å². The summed E-state index contributed by atoms with van der Waals surface area (Å²) < 4.78 is 32.1. The molecule has 9 aromatic rings. The van der Waals surface area contributed by atoms with E-state index in [0.29, 0.717) is 17.0 Å². The molecule has 310 valence electrons. The van der Waals surface area contributed by atoms with Gasteiger partial charge in [-0.1, -0.05) is 152 Å². The number of hydrogen-bond donors (Lipinski definition) is 1. The summed E-state index contributed by atoms with van der Waals surface area (Å²) in [6, 6.07) is 43.9. The minimum atomic E-state index is -2.17. The summed E-state index contributed by atoms with van der Waals surface area (Å²) in [5, 5.41) is 14.4. The summed E-state index contributed by atoms with van der Waals surface area (Å²) in [5.74, 6) is 0.829. The minimum absolute atomic E-state index is 0. The zero-order valence-electron chi connectivity index (χ0n) is 39.1. The van der Waals surface area contributed by atoms with Gasteiger partial charge < -0.3 is 9.52 Å². The minimum Gasteiger partial charge on any atom is -0.507 e. The van der Waals surface area contributed by atoms with Crippen LogP contribution in [0.1, 0.15) is 88.7 Å². The molecule has 0 saturated heterocycles. The monoisotopic (exact) mass is 984 g/mol. The fourth-order valence-corrected chi connectivity index (χ4v) is 8.20. The normalized spacial score (nSPS) is 13.3. The molecule has 0 amide bonds. The molecule has 0 aliphatic rings. The number of hydrogen-bond acceptors (Lipinski definition) is 4. The van der Waals surface area contributed by atoms with E-state index in [9.17, 15) is 5.11 Å². The van der Waals surface area contributed by atoms with Gasteiger partial charge in [0.05, 0.1) is 27.7 Å². The van der Waals surface area contributed by atoms with Crippen molar-refractivity contribution in [3.05, 3.63) is 156 Å². The third-order valence-electron chi connectivity index (χ3n) is 11.6. The van der Waals surface area contributed by atoms with Crippen LogP contribution >= 0.6 is 0 Å². The first-order valence-electron chi connectivity index (χ1n) is 22.1. The zero-order chi connectivity index (χ0) is 44.8. The van der Waals surface area contributed by atoms with Crippen LogP contribution < -0.4 is 0 Å². The molecule has 0 bridgehead atoms. The Kier molecular flexibility index (Phi) is 9.57. The Morgan fingerprint density at radius 3 is 2.07 bits per heavy atom. The van der Waals surface area contributed by atoms with Gasteiger partial charge in [0, 0.05) is 48.0 Å². The number of furan rings is 1. The molecule has 3 aromatic heterocycles. The van der Waals surface area contributed by atoms with Crippen molar-refractivity contribution in [2.75, 3.05) is 0 Å². The maximum atomic E-state index is 12.4.